The summed E-state index contributed by atoms with van der Waals surface area (Å²) in [5.74, 6) is 0.891. The number of ether oxygens (including phenoxy) is 1. The first-order valence-corrected chi connectivity index (χ1v) is 6.00. The fraction of sp³-hybridized carbons (Fsp3) is 0.429. The molecule has 2 rings (SSSR count). The Morgan fingerprint density at radius 2 is 2.00 bits per heavy atom. The van der Waals surface area contributed by atoms with Gasteiger partial charge in [0.2, 0.25) is 0 Å². The number of aliphatic hydroxyl groups excluding tert-OH is 1. The number of hydrogen-bond donors (Lipinski definition) is 1. The Hall–Kier alpha value is -1.48. The molecule has 1 atom stereocenters. The van der Waals surface area contributed by atoms with Crippen molar-refractivity contribution in [2.75, 3.05) is 0 Å². The van der Waals surface area contributed by atoms with Crippen LogP contribution in [0, 0.1) is 0 Å². The molecule has 0 saturated carbocycles. The molecule has 2 aromatic rings. The number of rotatable bonds is 4. The highest BCUT2D eigenvalue weighted by Gasteiger charge is 2.05. The lowest BCUT2D eigenvalue weighted by molar-refractivity contribution is 0.175. The van der Waals surface area contributed by atoms with Crippen LogP contribution in [0.4, 0.5) is 0 Å². The summed E-state index contributed by atoms with van der Waals surface area (Å²) in [5.41, 5.74) is 1.13. The second-order valence-electron chi connectivity index (χ2n) is 4.70. The monoisotopic (exact) mass is 233 g/mol. The molecule has 1 unspecified atom stereocenters. The van der Waals surface area contributed by atoms with Crippen molar-refractivity contribution in [2.45, 2.75) is 39.5 Å². The Kier molecular flexibility index (Phi) is 3.38. The molecule has 0 saturated heterocycles. The molecule has 1 heterocycles. The molecular weight excluding hydrogens is 214 g/mol. The molecule has 1 aromatic heterocycles. The van der Waals surface area contributed by atoms with Gasteiger partial charge in [0.25, 0.3) is 0 Å². The van der Waals surface area contributed by atoms with Gasteiger partial charge >= 0.3 is 0 Å². The Morgan fingerprint density at radius 3 is 2.65 bits per heavy atom. The summed E-state index contributed by atoms with van der Waals surface area (Å²) in [6.07, 6.45) is 1.85. The zero-order chi connectivity index (χ0) is 12.4. The van der Waals surface area contributed by atoms with Crippen LogP contribution in [0.1, 0.15) is 20.8 Å². The second-order valence-corrected chi connectivity index (χ2v) is 4.70. The molecule has 3 nitrogen and oxygen atoms in total. The minimum atomic E-state index is -0.336. The van der Waals surface area contributed by atoms with Crippen LogP contribution in [-0.2, 0) is 6.54 Å². The van der Waals surface area contributed by atoms with E-state index in [1.807, 2.05) is 44.3 Å². The lowest BCUT2D eigenvalue weighted by Gasteiger charge is -2.11. The average Bonchev–Trinajstić information content (AvgIpc) is 2.59. The van der Waals surface area contributed by atoms with Gasteiger partial charge < -0.3 is 14.4 Å². The molecule has 0 aliphatic heterocycles. The van der Waals surface area contributed by atoms with Gasteiger partial charge in [-0.15, -0.1) is 0 Å². The first-order valence-electron chi connectivity index (χ1n) is 6.00. The number of aliphatic hydroxyl groups is 1. The van der Waals surface area contributed by atoms with E-state index in [2.05, 4.69) is 4.57 Å². The molecule has 1 N–H and O–H groups in total. The van der Waals surface area contributed by atoms with Crippen LogP contribution in [0.3, 0.4) is 0 Å². The number of nitrogens with zero attached hydrogens (tertiary/aromatic N) is 1. The van der Waals surface area contributed by atoms with Crippen molar-refractivity contribution in [1.82, 2.24) is 4.57 Å². The number of benzene rings is 1. The van der Waals surface area contributed by atoms with Crippen molar-refractivity contribution in [3.63, 3.8) is 0 Å². The first-order chi connectivity index (χ1) is 8.06. The van der Waals surface area contributed by atoms with Gasteiger partial charge in [0.05, 0.1) is 12.2 Å². The molecule has 0 radical (unpaired) electrons. The molecule has 0 amide bonds. The summed E-state index contributed by atoms with van der Waals surface area (Å²) >= 11 is 0. The van der Waals surface area contributed by atoms with E-state index in [9.17, 15) is 5.11 Å². The van der Waals surface area contributed by atoms with Gasteiger partial charge in [-0.2, -0.15) is 0 Å². The van der Waals surface area contributed by atoms with E-state index in [-0.39, 0.29) is 12.2 Å². The third-order valence-electron chi connectivity index (χ3n) is 2.58. The van der Waals surface area contributed by atoms with Crippen LogP contribution in [0.2, 0.25) is 0 Å². The fourth-order valence-electron chi connectivity index (χ4n) is 1.97. The maximum absolute atomic E-state index is 9.41. The Balaban J connectivity index is 2.31. The molecule has 0 aliphatic rings. The summed E-state index contributed by atoms with van der Waals surface area (Å²) in [6.45, 7) is 6.45. The Bertz CT molecular complexity index is 500. The highest BCUT2D eigenvalue weighted by atomic mass is 16.5. The van der Waals surface area contributed by atoms with E-state index in [4.69, 9.17) is 4.74 Å². The van der Waals surface area contributed by atoms with E-state index in [1.54, 1.807) is 6.92 Å². The molecule has 0 fully saturated rings. The van der Waals surface area contributed by atoms with Crippen LogP contribution >= 0.6 is 0 Å². The van der Waals surface area contributed by atoms with Crippen LogP contribution in [0.5, 0.6) is 5.75 Å². The fourth-order valence-corrected chi connectivity index (χ4v) is 1.97. The summed E-state index contributed by atoms with van der Waals surface area (Å²) in [6, 6.07) is 8.09. The molecule has 17 heavy (non-hydrogen) atoms. The maximum Gasteiger partial charge on any atom is 0.120 e. The van der Waals surface area contributed by atoms with Crippen LogP contribution < -0.4 is 4.74 Å². The van der Waals surface area contributed by atoms with E-state index in [1.165, 1.54) is 0 Å². The minimum Gasteiger partial charge on any atom is -0.491 e. The third-order valence-corrected chi connectivity index (χ3v) is 2.58. The summed E-state index contributed by atoms with van der Waals surface area (Å²) < 4.78 is 7.71. The number of aromatic nitrogens is 1. The van der Waals surface area contributed by atoms with Gasteiger partial charge in [0.1, 0.15) is 5.75 Å². The van der Waals surface area contributed by atoms with Gasteiger partial charge in [0, 0.05) is 23.6 Å². The van der Waals surface area contributed by atoms with Gasteiger partial charge in [0.15, 0.2) is 0 Å². The summed E-state index contributed by atoms with van der Waals surface area (Å²) in [7, 11) is 0. The normalized spacial score (nSPS) is 13.2. The Morgan fingerprint density at radius 1 is 1.24 bits per heavy atom. The summed E-state index contributed by atoms with van der Waals surface area (Å²) in [4.78, 5) is 0. The molecule has 3 heteroatoms. The van der Waals surface area contributed by atoms with Gasteiger partial charge in [-0.1, -0.05) is 0 Å². The lowest BCUT2D eigenvalue weighted by atomic mass is 10.2. The predicted molar refractivity (Wildman–Crippen MR) is 69.4 cm³/mol. The largest absolute Gasteiger partial charge is 0.491 e. The molecule has 0 aliphatic carbocycles. The molecule has 0 spiro atoms. The average molecular weight is 233 g/mol. The molecule has 1 aromatic carbocycles. The third kappa shape index (κ3) is 2.80. The minimum absolute atomic E-state index is 0.187. The zero-order valence-corrected chi connectivity index (χ0v) is 10.6. The van der Waals surface area contributed by atoms with Crippen molar-refractivity contribution in [3.05, 3.63) is 30.5 Å². The topological polar surface area (TPSA) is 34.4 Å². The van der Waals surface area contributed by atoms with Gasteiger partial charge in [-0.05, 0) is 45.0 Å². The SMILES string of the molecule is CC(O)Cn1ccc2cc(OC(C)C)ccc21. The highest BCUT2D eigenvalue weighted by Crippen LogP contribution is 2.23. The van der Waals surface area contributed by atoms with E-state index in [0.29, 0.717) is 6.54 Å². The zero-order valence-electron chi connectivity index (χ0n) is 10.6. The molecule has 92 valence electrons. The van der Waals surface area contributed by atoms with Gasteiger partial charge in [-0.3, -0.25) is 0 Å². The predicted octanol–water partition coefficient (Wildman–Crippen LogP) is 2.81. The number of hydrogen-bond acceptors (Lipinski definition) is 2. The molecule has 0 bridgehead atoms. The smallest absolute Gasteiger partial charge is 0.120 e. The van der Waals surface area contributed by atoms with Crippen molar-refractivity contribution in [2.24, 2.45) is 0 Å². The quantitative estimate of drug-likeness (QED) is 0.881. The van der Waals surface area contributed by atoms with Crippen LogP contribution in [0.25, 0.3) is 10.9 Å². The van der Waals surface area contributed by atoms with E-state index in [0.717, 1.165) is 16.7 Å². The number of fused-ring (bicyclic) bond motifs is 1. The lowest BCUT2D eigenvalue weighted by Crippen LogP contribution is -2.10. The maximum atomic E-state index is 9.41. The van der Waals surface area contributed by atoms with Crippen molar-refractivity contribution in [1.29, 1.82) is 0 Å². The van der Waals surface area contributed by atoms with Crippen LogP contribution in [0.15, 0.2) is 30.5 Å². The second kappa shape index (κ2) is 4.80. The highest BCUT2D eigenvalue weighted by molar-refractivity contribution is 5.81. The van der Waals surface area contributed by atoms with E-state index < -0.39 is 0 Å². The first kappa shape index (κ1) is 12.0. The Labute approximate surface area is 102 Å². The standard InChI is InChI=1S/C14H19NO2/c1-10(2)17-13-4-5-14-12(8-13)6-7-15(14)9-11(3)16/h4-8,10-11,16H,9H2,1-3H3. The van der Waals surface area contributed by atoms with Crippen molar-refractivity contribution >= 4 is 10.9 Å². The van der Waals surface area contributed by atoms with Crippen molar-refractivity contribution < 1.29 is 9.84 Å². The van der Waals surface area contributed by atoms with E-state index >= 15 is 0 Å². The summed E-state index contributed by atoms with van der Waals surface area (Å²) in [5, 5.41) is 10.6. The van der Waals surface area contributed by atoms with Crippen molar-refractivity contribution in [3.8, 4) is 5.75 Å². The van der Waals surface area contributed by atoms with Crippen LogP contribution in [-0.4, -0.2) is 21.9 Å². The van der Waals surface area contributed by atoms with Gasteiger partial charge in [-0.25, -0.2) is 0 Å². The molecular formula is C14H19NO2.